The number of amides is 1. The molecule has 3 aliphatic rings. The van der Waals surface area contributed by atoms with Gasteiger partial charge in [0.2, 0.25) is 0 Å². The van der Waals surface area contributed by atoms with Crippen LogP contribution in [0.1, 0.15) is 83.8 Å². The number of Topliss-reactive ketones (excluding diaryl/α,β-unsaturated/α-hetero) is 1. The summed E-state index contributed by atoms with van der Waals surface area (Å²) in [7, 11) is 0. The van der Waals surface area contributed by atoms with E-state index >= 15 is 0 Å². The molecule has 302 valence electrons. The van der Waals surface area contributed by atoms with Gasteiger partial charge in [0.25, 0.3) is 0 Å². The zero-order chi connectivity index (χ0) is 41.5. The van der Waals surface area contributed by atoms with Crippen molar-refractivity contribution in [1.82, 2.24) is 5.32 Å². The number of aliphatic hydroxyl groups excluding tert-OH is 3. The molecule has 10 atom stereocenters. The summed E-state index contributed by atoms with van der Waals surface area (Å²) in [5.41, 5.74) is -6.36. The molecule has 56 heavy (non-hydrogen) atoms. The Morgan fingerprint density at radius 1 is 0.893 bits per heavy atom. The minimum absolute atomic E-state index is 0.0683. The van der Waals surface area contributed by atoms with Crippen LogP contribution in [0.2, 0.25) is 0 Å². The lowest BCUT2D eigenvalue weighted by molar-refractivity contribution is -0.228. The van der Waals surface area contributed by atoms with Gasteiger partial charge in [-0.1, -0.05) is 68.5 Å². The van der Waals surface area contributed by atoms with E-state index in [4.69, 9.17) is 18.9 Å². The monoisotopic (exact) mass is 777 g/mol. The van der Waals surface area contributed by atoms with Gasteiger partial charge in [0, 0.05) is 18.8 Å². The maximum atomic E-state index is 14.7. The van der Waals surface area contributed by atoms with Gasteiger partial charge in [-0.05, 0) is 69.5 Å². The zero-order valence-electron chi connectivity index (χ0n) is 32.7. The first-order valence-corrected chi connectivity index (χ1v) is 18.4. The third-order valence-corrected chi connectivity index (χ3v) is 11.3. The van der Waals surface area contributed by atoms with Gasteiger partial charge in [0.15, 0.2) is 11.9 Å². The molecule has 0 saturated heterocycles. The number of hydrogen-bond acceptors (Lipinski definition) is 13. The lowest BCUT2D eigenvalue weighted by Gasteiger charge is -2.60. The fourth-order valence-electron chi connectivity index (χ4n) is 8.36. The van der Waals surface area contributed by atoms with E-state index in [0.29, 0.717) is 5.56 Å². The van der Waals surface area contributed by atoms with Crippen molar-refractivity contribution in [2.75, 3.05) is 0 Å². The Bertz CT molecular complexity index is 1900. The molecule has 2 bridgehead atoms. The van der Waals surface area contributed by atoms with Crippen molar-refractivity contribution < 1.29 is 63.3 Å². The molecule has 14 heteroatoms. The number of ketones is 1. The highest BCUT2D eigenvalue weighted by Gasteiger charge is 2.70. The molecule has 5 N–H and O–H groups in total. The molecule has 3 aliphatic carbocycles. The lowest BCUT2D eigenvalue weighted by atomic mass is 9.48. The van der Waals surface area contributed by atoms with Crippen LogP contribution in [0.4, 0.5) is 4.79 Å². The number of benzene rings is 2. The fraction of sp³-hybridized carbons (Fsp3) is 0.500. The van der Waals surface area contributed by atoms with E-state index < -0.39 is 107 Å². The maximum absolute atomic E-state index is 14.7. The number of aliphatic hydroxyl groups is 4. The summed E-state index contributed by atoms with van der Waals surface area (Å²) in [5.74, 6) is -5.36. The Morgan fingerprint density at radius 2 is 1.48 bits per heavy atom. The van der Waals surface area contributed by atoms with E-state index in [-0.39, 0.29) is 16.7 Å². The number of ether oxygens (including phenoxy) is 4. The summed E-state index contributed by atoms with van der Waals surface area (Å²) in [5, 5.41) is 50.8. The number of nitrogens with one attached hydrogen (secondary N) is 1. The molecule has 0 unspecified atom stereocenters. The predicted octanol–water partition coefficient (Wildman–Crippen LogP) is 3.66. The molecule has 2 aromatic rings. The van der Waals surface area contributed by atoms with Crippen molar-refractivity contribution in [3.05, 3.63) is 95.1 Å². The SMILES string of the molecule is CC(=O)O[C@H]1C=C[C@H](O)[C@@]2(C)C(=O)[C@H](O)C3=C(C)[C@@H](OC(=O)[C@H](O)[C@@H](NC(=O)OC(C)(C)C)c4ccccc4)C[C@@](O)([C@@H](OC(=O)c4ccccc4)[C@H]12)C3(C)C. The molecule has 0 radical (unpaired) electrons. The topological polar surface area (TPSA) is 215 Å². The average molecular weight is 778 g/mol. The molecular weight excluding hydrogens is 726 g/mol. The average Bonchev–Trinajstić information content (AvgIpc) is 3.12. The molecule has 14 nitrogen and oxygen atoms in total. The van der Waals surface area contributed by atoms with Gasteiger partial charge in [-0.2, -0.15) is 0 Å². The van der Waals surface area contributed by atoms with E-state index in [9.17, 15) is 44.4 Å². The third-order valence-electron chi connectivity index (χ3n) is 11.3. The number of alkyl carbamates (subject to hydrolysis) is 1. The first-order chi connectivity index (χ1) is 26.0. The van der Waals surface area contributed by atoms with Gasteiger partial charge in [-0.15, -0.1) is 0 Å². The van der Waals surface area contributed by atoms with E-state index in [2.05, 4.69) is 5.32 Å². The van der Waals surface area contributed by atoms with E-state index in [1.807, 2.05) is 0 Å². The highest BCUT2D eigenvalue weighted by Crippen LogP contribution is 2.59. The number of hydrogen-bond donors (Lipinski definition) is 5. The van der Waals surface area contributed by atoms with Crippen molar-refractivity contribution in [3.8, 4) is 0 Å². The summed E-state index contributed by atoms with van der Waals surface area (Å²) in [4.78, 5) is 67.9. The molecule has 0 aliphatic heterocycles. The Hall–Kier alpha value is -4.89. The molecule has 1 saturated carbocycles. The van der Waals surface area contributed by atoms with Crippen LogP contribution in [-0.4, -0.2) is 98.0 Å². The molecule has 0 heterocycles. The van der Waals surface area contributed by atoms with Gasteiger partial charge < -0.3 is 44.7 Å². The molecule has 2 aromatic carbocycles. The lowest BCUT2D eigenvalue weighted by Crippen LogP contribution is -2.72. The van der Waals surface area contributed by atoms with E-state index in [1.165, 1.54) is 52.0 Å². The van der Waals surface area contributed by atoms with Crippen LogP contribution in [0.5, 0.6) is 0 Å². The molecule has 1 fully saturated rings. The van der Waals surface area contributed by atoms with Crippen LogP contribution in [0.3, 0.4) is 0 Å². The van der Waals surface area contributed by atoms with Crippen molar-refractivity contribution in [2.45, 2.75) is 116 Å². The summed E-state index contributed by atoms with van der Waals surface area (Å²) < 4.78 is 23.2. The van der Waals surface area contributed by atoms with Crippen LogP contribution < -0.4 is 5.32 Å². The highest BCUT2D eigenvalue weighted by molar-refractivity contribution is 5.94. The quantitative estimate of drug-likeness (QED) is 0.147. The Labute approximate surface area is 325 Å². The van der Waals surface area contributed by atoms with Crippen molar-refractivity contribution in [2.24, 2.45) is 16.7 Å². The van der Waals surface area contributed by atoms with E-state index in [0.717, 1.165) is 6.92 Å². The second kappa shape index (κ2) is 15.6. The first kappa shape index (κ1) is 42.3. The third kappa shape index (κ3) is 7.75. The standard InChI is InChI=1S/C42H51NO13/c1-22-27(54-37(50)33(47)31(24-15-11-9-12-16-24)43-38(51)56-39(3,4)5)21-42(52)35(55-36(49)25-17-13-10-14-18-25)30-26(53-23(2)44)19-20-28(45)41(30,8)34(48)32(46)29(22)40(42,6)7/h9-20,26-28,30-33,35,45-47,52H,21H2,1-8H3,(H,43,51)/t26-,27-,28-,30-,31-,32+,33+,35-,41+,42+/m0/s1. The molecular formula is C42H51NO13. The number of carbonyl (C=O) groups excluding carboxylic acids is 5. The zero-order valence-corrected chi connectivity index (χ0v) is 32.7. The maximum Gasteiger partial charge on any atom is 0.408 e. The van der Waals surface area contributed by atoms with Crippen LogP contribution >= 0.6 is 0 Å². The second-order valence-electron chi connectivity index (χ2n) is 16.4. The van der Waals surface area contributed by atoms with Gasteiger partial charge in [-0.25, -0.2) is 14.4 Å². The largest absolute Gasteiger partial charge is 0.458 e. The smallest absolute Gasteiger partial charge is 0.408 e. The van der Waals surface area contributed by atoms with Crippen LogP contribution in [0.25, 0.3) is 0 Å². The molecule has 1 amide bonds. The number of fused-ring (bicyclic) bond motifs is 3. The summed E-state index contributed by atoms with van der Waals surface area (Å²) in [6.45, 7) is 12.0. The molecule has 5 rings (SSSR count). The van der Waals surface area contributed by atoms with Crippen molar-refractivity contribution >= 4 is 29.8 Å². The summed E-state index contributed by atoms with van der Waals surface area (Å²) in [6.07, 6.45) is -9.08. The second-order valence-corrected chi connectivity index (χ2v) is 16.4. The number of rotatable bonds is 8. The van der Waals surface area contributed by atoms with Gasteiger partial charge in [-0.3, -0.25) is 9.59 Å². The van der Waals surface area contributed by atoms with Crippen LogP contribution in [0, 0.1) is 16.7 Å². The van der Waals surface area contributed by atoms with Gasteiger partial charge >= 0.3 is 24.0 Å². The number of carbonyl (C=O) groups is 5. The summed E-state index contributed by atoms with van der Waals surface area (Å²) >= 11 is 0. The fourth-order valence-corrected chi connectivity index (χ4v) is 8.36. The Morgan fingerprint density at radius 3 is 2.05 bits per heavy atom. The minimum Gasteiger partial charge on any atom is -0.458 e. The normalized spacial score (nSPS) is 30.8. The highest BCUT2D eigenvalue weighted by atomic mass is 16.6. The Balaban J connectivity index is 1.64. The molecule has 0 aromatic heterocycles. The van der Waals surface area contributed by atoms with E-state index in [1.54, 1.807) is 69.3 Å². The van der Waals surface area contributed by atoms with Gasteiger partial charge in [0.1, 0.15) is 35.6 Å². The van der Waals surface area contributed by atoms with Crippen LogP contribution in [-0.2, 0) is 33.3 Å². The first-order valence-electron chi connectivity index (χ1n) is 18.4. The van der Waals surface area contributed by atoms with Crippen LogP contribution in [0.15, 0.2) is 84.0 Å². The predicted molar refractivity (Wildman–Crippen MR) is 199 cm³/mol. The van der Waals surface area contributed by atoms with Crippen molar-refractivity contribution in [1.29, 1.82) is 0 Å². The summed E-state index contributed by atoms with van der Waals surface area (Å²) in [6, 6.07) is 14.6. The Kier molecular flexibility index (Phi) is 11.7. The minimum atomic E-state index is -2.33. The number of esters is 3. The van der Waals surface area contributed by atoms with Gasteiger partial charge in [0.05, 0.1) is 29.0 Å². The van der Waals surface area contributed by atoms with Crippen molar-refractivity contribution in [3.63, 3.8) is 0 Å². The molecule has 0 spiro atoms.